The van der Waals surface area contributed by atoms with Crippen molar-refractivity contribution in [2.75, 3.05) is 23.8 Å². The van der Waals surface area contributed by atoms with Crippen molar-refractivity contribution in [2.24, 2.45) is 0 Å². The molecule has 7 nitrogen and oxygen atoms in total. The van der Waals surface area contributed by atoms with Gasteiger partial charge in [-0.15, -0.1) is 0 Å². The molecule has 0 unspecified atom stereocenters. The van der Waals surface area contributed by atoms with Crippen LogP contribution >= 0.6 is 0 Å². The number of ether oxygens (including phenoxy) is 2. The van der Waals surface area contributed by atoms with Crippen LogP contribution in [0.1, 0.15) is 12.5 Å². The second kappa shape index (κ2) is 8.06. The van der Waals surface area contributed by atoms with E-state index in [-0.39, 0.29) is 11.5 Å². The Morgan fingerprint density at radius 3 is 2.33 bits per heavy atom. The van der Waals surface area contributed by atoms with Gasteiger partial charge in [-0.05, 0) is 35.9 Å². The number of amides is 2. The molecule has 0 saturated heterocycles. The second-order valence-corrected chi connectivity index (χ2v) is 5.79. The zero-order chi connectivity index (χ0) is 19.2. The van der Waals surface area contributed by atoms with E-state index in [9.17, 15) is 14.9 Å². The number of nitrogens with zero attached hydrogens (tertiary/aromatic N) is 1. The van der Waals surface area contributed by atoms with E-state index in [2.05, 4.69) is 10.6 Å². The normalized spacial score (nSPS) is 12.7. The third-order valence-electron chi connectivity index (χ3n) is 3.71. The molecular formula is C20H17N3O4. The number of carbonyl (C=O) groups excluding carboxylic acids is 2. The van der Waals surface area contributed by atoms with Gasteiger partial charge in [-0.3, -0.25) is 9.59 Å². The van der Waals surface area contributed by atoms with E-state index in [0.717, 1.165) is 0 Å². The van der Waals surface area contributed by atoms with E-state index < -0.39 is 5.91 Å². The van der Waals surface area contributed by atoms with Crippen LogP contribution in [0, 0.1) is 11.3 Å². The summed E-state index contributed by atoms with van der Waals surface area (Å²) in [5.74, 6) is 0.472. The molecular weight excluding hydrogens is 346 g/mol. The molecule has 2 N–H and O–H groups in total. The molecule has 0 spiro atoms. The van der Waals surface area contributed by atoms with Crippen LogP contribution in [0.4, 0.5) is 11.4 Å². The van der Waals surface area contributed by atoms with Crippen molar-refractivity contribution in [2.45, 2.75) is 6.92 Å². The minimum atomic E-state index is -0.528. The molecule has 0 aromatic heterocycles. The topological polar surface area (TPSA) is 100 Å². The zero-order valence-electron chi connectivity index (χ0n) is 14.6. The largest absolute Gasteiger partial charge is 0.486 e. The highest BCUT2D eigenvalue weighted by Crippen LogP contribution is 2.32. The lowest BCUT2D eigenvalue weighted by Crippen LogP contribution is -2.17. The summed E-state index contributed by atoms with van der Waals surface area (Å²) in [6, 6.07) is 13.8. The molecule has 7 heteroatoms. The fourth-order valence-electron chi connectivity index (χ4n) is 2.50. The number of fused-ring (bicyclic) bond motifs is 1. The van der Waals surface area contributed by atoms with Crippen LogP contribution in [0.5, 0.6) is 11.5 Å². The summed E-state index contributed by atoms with van der Waals surface area (Å²) in [6.45, 7) is 2.35. The van der Waals surface area contributed by atoms with Crippen molar-refractivity contribution in [3.63, 3.8) is 0 Å². The Hall–Kier alpha value is -3.79. The van der Waals surface area contributed by atoms with Crippen molar-refractivity contribution in [1.82, 2.24) is 0 Å². The molecule has 2 aromatic carbocycles. The van der Waals surface area contributed by atoms with E-state index in [1.54, 1.807) is 42.5 Å². The first-order valence-electron chi connectivity index (χ1n) is 8.25. The molecule has 27 heavy (non-hydrogen) atoms. The van der Waals surface area contributed by atoms with Crippen LogP contribution in [0.15, 0.2) is 48.0 Å². The SMILES string of the molecule is CC(=O)Nc1ccc(C=C(C#N)C(=O)Nc2ccc3c(c2)OCCO3)cc1. The number of carbonyl (C=O) groups is 2. The summed E-state index contributed by atoms with van der Waals surface area (Å²) >= 11 is 0. The number of hydrogen-bond acceptors (Lipinski definition) is 5. The zero-order valence-corrected chi connectivity index (χ0v) is 14.6. The molecule has 2 amide bonds. The molecule has 136 valence electrons. The fraction of sp³-hybridized carbons (Fsp3) is 0.150. The molecule has 1 heterocycles. The summed E-state index contributed by atoms with van der Waals surface area (Å²) in [4.78, 5) is 23.4. The lowest BCUT2D eigenvalue weighted by molar-refractivity contribution is -0.114. The highest BCUT2D eigenvalue weighted by molar-refractivity contribution is 6.09. The number of benzene rings is 2. The molecule has 0 bridgehead atoms. The monoisotopic (exact) mass is 363 g/mol. The van der Waals surface area contributed by atoms with Gasteiger partial charge in [0.05, 0.1) is 0 Å². The maximum absolute atomic E-state index is 12.4. The Labute approximate surface area is 156 Å². The first kappa shape index (κ1) is 18.0. The molecule has 1 aliphatic heterocycles. The Bertz CT molecular complexity index is 943. The minimum absolute atomic E-state index is 0.0443. The lowest BCUT2D eigenvalue weighted by atomic mass is 10.1. The number of rotatable bonds is 4. The van der Waals surface area contributed by atoms with E-state index in [1.165, 1.54) is 13.0 Å². The minimum Gasteiger partial charge on any atom is -0.486 e. The van der Waals surface area contributed by atoms with Gasteiger partial charge in [0, 0.05) is 24.4 Å². The van der Waals surface area contributed by atoms with Crippen molar-refractivity contribution in [3.8, 4) is 17.6 Å². The molecule has 0 fully saturated rings. The Kier molecular flexibility index (Phi) is 5.38. The number of hydrogen-bond donors (Lipinski definition) is 2. The summed E-state index contributed by atoms with van der Waals surface area (Å²) in [5.41, 5.74) is 1.76. The predicted molar refractivity (Wildman–Crippen MR) is 100 cm³/mol. The average Bonchev–Trinajstić information content (AvgIpc) is 2.66. The third-order valence-corrected chi connectivity index (χ3v) is 3.71. The van der Waals surface area contributed by atoms with Crippen molar-refractivity contribution >= 4 is 29.3 Å². The second-order valence-electron chi connectivity index (χ2n) is 5.79. The average molecular weight is 363 g/mol. The van der Waals surface area contributed by atoms with Crippen molar-refractivity contribution < 1.29 is 19.1 Å². The molecule has 0 atom stereocenters. The van der Waals surface area contributed by atoms with Crippen LogP contribution in [-0.4, -0.2) is 25.0 Å². The standard InChI is InChI=1S/C20H17N3O4/c1-13(24)22-16-4-2-14(3-5-16)10-15(12-21)20(25)23-17-6-7-18-19(11-17)27-9-8-26-18/h2-7,10-11H,8-9H2,1H3,(H,22,24)(H,23,25). The van der Waals surface area contributed by atoms with Crippen molar-refractivity contribution in [1.29, 1.82) is 5.26 Å². The molecule has 2 aromatic rings. The first-order valence-corrected chi connectivity index (χ1v) is 8.25. The number of nitriles is 1. The van der Waals surface area contributed by atoms with Gasteiger partial charge in [0.1, 0.15) is 24.9 Å². The third kappa shape index (κ3) is 4.64. The summed E-state index contributed by atoms with van der Waals surface area (Å²) in [6.07, 6.45) is 1.48. The van der Waals surface area contributed by atoms with Gasteiger partial charge in [0.15, 0.2) is 11.5 Å². The van der Waals surface area contributed by atoms with Crippen LogP contribution in [-0.2, 0) is 9.59 Å². The quantitative estimate of drug-likeness (QED) is 0.642. The van der Waals surface area contributed by atoms with Crippen LogP contribution in [0.3, 0.4) is 0 Å². The van der Waals surface area contributed by atoms with E-state index in [1.807, 2.05) is 6.07 Å². The van der Waals surface area contributed by atoms with E-state index in [0.29, 0.717) is 41.7 Å². The molecule has 1 aliphatic rings. The Morgan fingerprint density at radius 1 is 1.00 bits per heavy atom. The highest BCUT2D eigenvalue weighted by Gasteiger charge is 2.14. The number of nitrogens with one attached hydrogen (secondary N) is 2. The van der Waals surface area contributed by atoms with Gasteiger partial charge in [-0.2, -0.15) is 5.26 Å². The molecule has 3 rings (SSSR count). The van der Waals surface area contributed by atoms with E-state index >= 15 is 0 Å². The summed E-state index contributed by atoms with van der Waals surface area (Å²) < 4.78 is 10.9. The Balaban J connectivity index is 1.73. The van der Waals surface area contributed by atoms with Crippen LogP contribution in [0.25, 0.3) is 6.08 Å². The van der Waals surface area contributed by atoms with Crippen molar-refractivity contribution in [3.05, 3.63) is 53.6 Å². The lowest BCUT2D eigenvalue weighted by Gasteiger charge is -2.18. The predicted octanol–water partition coefficient (Wildman–Crippen LogP) is 2.96. The van der Waals surface area contributed by atoms with Crippen LogP contribution < -0.4 is 20.1 Å². The fourth-order valence-corrected chi connectivity index (χ4v) is 2.50. The molecule has 0 aliphatic carbocycles. The summed E-state index contributed by atoms with van der Waals surface area (Å²) in [5, 5.41) is 14.7. The van der Waals surface area contributed by atoms with Crippen LogP contribution in [0.2, 0.25) is 0 Å². The van der Waals surface area contributed by atoms with E-state index in [4.69, 9.17) is 9.47 Å². The van der Waals surface area contributed by atoms with Gasteiger partial charge >= 0.3 is 0 Å². The van der Waals surface area contributed by atoms with Gasteiger partial charge in [0.25, 0.3) is 5.91 Å². The smallest absolute Gasteiger partial charge is 0.266 e. The van der Waals surface area contributed by atoms with Gasteiger partial charge in [-0.1, -0.05) is 12.1 Å². The van der Waals surface area contributed by atoms with Gasteiger partial charge < -0.3 is 20.1 Å². The molecule has 0 saturated carbocycles. The Morgan fingerprint density at radius 2 is 1.67 bits per heavy atom. The first-order chi connectivity index (χ1) is 13.0. The van der Waals surface area contributed by atoms with Gasteiger partial charge in [0.2, 0.25) is 5.91 Å². The molecule has 0 radical (unpaired) electrons. The maximum Gasteiger partial charge on any atom is 0.266 e. The van der Waals surface area contributed by atoms with Gasteiger partial charge in [-0.25, -0.2) is 0 Å². The maximum atomic E-state index is 12.4. The summed E-state index contributed by atoms with van der Waals surface area (Å²) in [7, 11) is 0. The highest BCUT2D eigenvalue weighted by atomic mass is 16.6. The number of anilines is 2.